The summed E-state index contributed by atoms with van der Waals surface area (Å²) in [6, 6.07) is 3.83. The molecule has 1 unspecified atom stereocenters. The Bertz CT molecular complexity index is 758. The highest BCUT2D eigenvalue weighted by Crippen LogP contribution is 2.41. The molecule has 1 aliphatic heterocycles. The average Bonchev–Trinajstić information content (AvgIpc) is 2.51. The van der Waals surface area contributed by atoms with Crippen LogP contribution in [0.15, 0.2) is 29.5 Å². The van der Waals surface area contributed by atoms with Crippen LogP contribution in [0.1, 0.15) is 32.4 Å². The van der Waals surface area contributed by atoms with Crippen molar-refractivity contribution in [2.45, 2.75) is 26.8 Å². The maximum Gasteiger partial charge on any atom is 0.415 e. The molecule has 0 aliphatic carbocycles. The summed E-state index contributed by atoms with van der Waals surface area (Å²) in [5.74, 6) is -0.969. The van der Waals surface area contributed by atoms with E-state index in [-0.39, 0.29) is 23.7 Å². The molecule has 0 N–H and O–H groups in total. The van der Waals surface area contributed by atoms with Crippen LogP contribution < -0.4 is 4.74 Å². The molecule has 0 spiro atoms. The molecule has 8 heteroatoms. The Morgan fingerprint density at radius 1 is 1.32 bits per heavy atom. The van der Waals surface area contributed by atoms with Gasteiger partial charge in [0.25, 0.3) is 0 Å². The van der Waals surface area contributed by atoms with Crippen molar-refractivity contribution < 1.29 is 28.6 Å². The van der Waals surface area contributed by atoms with E-state index in [1.165, 1.54) is 25.8 Å². The van der Waals surface area contributed by atoms with Crippen molar-refractivity contribution in [3.8, 4) is 5.75 Å². The van der Waals surface area contributed by atoms with E-state index in [1.54, 1.807) is 25.1 Å². The van der Waals surface area contributed by atoms with Gasteiger partial charge in [-0.2, -0.15) is 0 Å². The van der Waals surface area contributed by atoms with E-state index in [1.807, 2.05) is 0 Å². The monoisotopic (exact) mass is 367 g/mol. The van der Waals surface area contributed by atoms with Crippen molar-refractivity contribution in [1.29, 1.82) is 0 Å². The lowest BCUT2D eigenvalue weighted by Gasteiger charge is -2.34. The summed E-state index contributed by atoms with van der Waals surface area (Å²) in [5.41, 5.74) is 0.517. The molecule has 0 saturated heterocycles. The zero-order valence-electron chi connectivity index (χ0n) is 14.3. The van der Waals surface area contributed by atoms with Gasteiger partial charge in [-0.3, -0.25) is 9.69 Å². The van der Waals surface area contributed by atoms with Crippen LogP contribution in [0.5, 0.6) is 5.75 Å². The van der Waals surface area contributed by atoms with Crippen molar-refractivity contribution in [3.05, 3.63) is 40.1 Å². The van der Waals surface area contributed by atoms with E-state index < -0.39 is 24.1 Å². The number of nitrogens with zero attached hydrogens (tertiary/aromatic N) is 1. The largest absolute Gasteiger partial charge is 0.462 e. The molecule has 1 aromatic rings. The first-order chi connectivity index (χ1) is 11.8. The van der Waals surface area contributed by atoms with Gasteiger partial charge in [0, 0.05) is 24.6 Å². The van der Waals surface area contributed by atoms with Gasteiger partial charge in [-0.25, -0.2) is 9.59 Å². The number of fused-ring (bicyclic) bond motifs is 1. The topological polar surface area (TPSA) is 82.1 Å². The third kappa shape index (κ3) is 3.93. The number of hydrogen-bond donors (Lipinski definition) is 0. The molecular weight excluding hydrogens is 350 g/mol. The molecule has 0 fully saturated rings. The Morgan fingerprint density at radius 2 is 2.00 bits per heavy atom. The maximum atomic E-state index is 12.5. The Morgan fingerprint density at radius 3 is 2.60 bits per heavy atom. The highest BCUT2D eigenvalue weighted by molar-refractivity contribution is 6.30. The number of carbonyl (C=O) groups is 3. The van der Waals surface area contributed by atoms with Crippen LogP contribution in [0.3, 0.4) is 0 Å². The smallest absolute Gasteiger partial charge is 0.415 e. The zero-order valence-corrected chi connectivity index (χ0v) is 15.0. The minimum Gasteiger partial charge on any atom is -0.462 e. The van der Waals surface area contributed by atoms with Gasteiger partial charge in [0.15, 0.2) is 0 Å². The third-order valence-corrected chi connectivity index (χ3v) is 3.82. The maximum absolute atomic E-state index is 12.5. The van der Waals surface area contributed by atoms with Crippen molar-refractivity contribution in [1.82, 2.24) is 4.90 Å². The van der Waals surface area contributed by atoms with Crippen molar-refractivity contribution in [2.75, 3.05) is 13.7 Å². The lowest BCUT2D eigenvalue weighted by molar-refractivity contribution is -0.140. The highest BCUT2D eigenvalue weighted by Gasteiger charge is 2.39. The fraction of sp³-hybridized carbons (Fsp3) is 0.353. The summed E-state index contributed by atoms with van der Waals surface area (Å²) >= 11 is 6.06. The van der Waals surface area contributed by atoms with E-state index in [0.29, 0.717) is 10.6 Å². The minimum absolute atomic E-state index is 0.0275. The first-order valence-electron chi connectivity index (χ1n) is 7.56. The van der Waals surface area contributed by atoms with Crippen LogP contribution in [0.4, 0.5) is 4.79 Å². The van der Waals surface area contributed by atoms with E-state index in [4.69, 9.17) is 25.8 Å². The molecule has 0 radical (unpaired) electrons. The normalized spacial score (nSPS) is 17.2. The number of amides is 1. The molecule has 7 nitrogen and oxygen atoms in total. The quantitative estimate of drug-likeness (QED) is 0.461. The number of likely N-dealkylation sites (N-methyl/N-ethyl adjacent to an activating group) is 1. The van der Waals surface area contributed by atoms with Crippen LogP contribution in [0.2, 0.25) is 5.02 Å². The molecule has 1 atom stereocenters. The summed E-state index contributed by atoms with van der Waals surface area (Å²) in [7, 11) is 1.47. The number of rotatable bonds is 4. The summed E-state index contributed by atoms with van der Waals surface area (Å²) in [5, 5.41) is 0.406. The molecule has 25 heavy (non-hydrogen) atoms. The highest BCUT2D eigenvalue weighted by atomic mass is 35.5. The van der Waals surface area contributed by atoms with Crippen molar-refractivity contribution in [3.63, 3.8) is 0 Å². The standard InChI is InChI=1S/C17H18ClNO6/c1-5-23-16(21)14(9(2)24-10(3)20)15-12-8-11(18)6-7-13(12)25-17(22)19(15)4/h6-8,15H,5H2,1-4H3/b14-9-. The molecular formula is C17H18ClNO6. The van der Waals surface area contributed by atoms with Crippen LogP contribution in [0, 0.1) is 0 Å². The van der Waals surface area contributed by atoms with Gasteiger partial charge in [0.05, 0.1) is 12.6 Å². The lowest BCUT2D eigenvalue weighted by atomic mass is 9.94. The van der Waals surface area contributed by atoms with Gasteiger partial charge in [-0.15, -0.1) is 0 Å². The number of esters is 2. The molecule has 1 amide bonds. The van der Waals surface area contributed by atoms with Crippen LogP contribution >= 0.6 is 11.6 Å². The van der Waals surface area contributed by atoms with Gasteiger partial charge in [0.1, 0.15) is 17.1 Å². The second-order valence-corrected chi connectivity index (χ2v) is 5.78. The first kappa shape index (κ1) is 18.8. The van der Waals surface area contributed by atoms with Gasteiger partial charge >= 0.3 is 18.0 Å². The number of benzene rings is 1. The molecule has 0 bridgehead atoms. The minimum atomic E-state index is -0.867. The van der Waals surface area contributed by atoms with Crippen molar-refractivity contribution >= 4 is 29.6 Å². The molecule has 0 aromatic heterocycles. The fourth-order valence-electron chi connectivity index (χ4n) is 2.58. The third-order valence-electron chi connectivity index (χ3n) is 3.58. The number of halogens is 1. The van der Waals surface area contributed by atoms with Crippen LogP contribution in [-0.4, -0.2) is 36.6 Å². The molecule has 0 saturated carbocycles. The molecule has 1 aromatic carbocycles. The SMILES string of the molecule is CCOC(=O)/C(=C(/C)OC(C)=O)C1c2cc(Cl)ccc2OC(=O)N1C. The number of hydrogen-bond acceptors (Lipinski definition) is 6. The first-order valence-corrected chi connectivity index (χ1v) is 7.94. The number of ether oxygens (including phenoxy) is 3. The molecule has 1 heterocycles. The summed E-state index contributed by atoms with van der Waals surface area (Å²) in [6.45, 7) is 4.46. The second-order valence-electron chi connectivity index (χ2n) is 5.35. The Kier molecular flexibility index (Phi) is 5.69. The Balaban J connectivity index is 2.66. The summed E-state index contributed by atoms with van der Waals surface area (Å²) in [4.78, 5) is 37.3. The Hall–Kier alpha value is -2.54. The van der Waals surface area contributed by atoms with Gasteiger partial charge < -0.3 is 14.2 Å². The van der Waals surface area contributed by atoms with Crippen LogP contribution in [-0.2, 0) is 19.1 Å². The predicted octanol–water partition coefficient (Wildman–Crippen LogP) is 3.23. The van der Waals surface area contributed by atoms with E-state index in [2.05, 4.69) is 0 Å². The summed E-state index contributed by atoms with van der Waals surface area (Å²) in [6.07, 6.45) is -0.655. The van der Waals surface area contributed by atoms with Crippen LogP contribution in [0.25, 0.3) is 0 Å². The lowest BCUT2D eigenvalue weighted by Crippen LogP contribution is -2.40. The fourth-order valence-corrected chi connectivity index (χ4v) is 2.76. The second kappa shape index (κ2) is 7.57. The Labute approximate surface area is 150 Å². The average molecular weight is 368 g/mol. The molecule has 1 aliphatic rings. The van der Waals surface area contributed by atoms with E-state index in [0.717, 1.165) is 0 Å². The predicted molar refractivity (Wildman–Crippen MR) is 89.1 cm³/mol. The molecule has 134 valence electrons. The van der Waals surface area contributed by atoms with Gasteiger partial charge in [-0.05, 0) is 32.0 Å². The van der Waals surface area contributed by atoms with Crippen molar-refractivity contribution in [2.24, 2.45) is 0 Å². The zero-order chi connectivity index (χ0) is 18.7. The number of carbonyl (C=O) groups excluding carboxylic acids is 3. The van der Waals surface area contributed by atoms with Gasteiger partial charge in [0.2, 0.25) is 0 Å². The number of allylic oxidation sites excluding steroid dienone is 1. The molecule has 2 rings (SSSR count). The van der Waals surface area contributed by atoms with Gasteiger partial charge in [-0.1, -0.05) is 11.6 Å². The van der Waals surface area contributed by atoms with E-state index >= 15 is 0 Å². The van der Waals surface area contributed by atoms with E-state index in [9.17, 15) is 14.4 Å². The summed E-state index contributed by atoms with van der Waals surface area (Å²) < 4.78 is 15.4.